The molecule has 4 aromatic rings. The van der Waals surface area contributed by atoms with E-state index in [9.17, 15) is 9.18 Å². The third-order valence-electron chi connectivity index (χ3n) is 6.12. The first kappa shape index (κ1) is 24.9. The molecule has 0 saturated heterocycles. The quantitative estimate of drug-likeness (QED) is 0.328. The number of rotatable bonds is 7. The second-order valence-electron chi connectivity index (χ2n) is 8.84. The van der Waals surface area contributed by atoms with Gasteiger partial charge < -0.3 is 14.2 Å². The van der Waals surface area contributed by atoms with Crippen molar-refractivity contribution < 1.29 is 23.4 Å². The molecule has 1 aliphatic rings. The van der Waals surface area contributed by atoms with Crippen LogP contribution in [0.4, 0.5) is 10.3 Å². The minimum absolute atomic E-state index is 0.00280. The largest absolute Gasteiger partial charge is 0.493 e. The summed E-state index contributed by atoms with van der Waals surface area (Å²) in [6.45, 7) is 3.98. The van der Waals surface area contributed by atoms with Gasteiger partial charge in [0.2, 0.25) is 5.95 Å². The number of ketones is 1. The van der Waals surface area contributed by atoms with Crippen molar-refractivity contribution in [1.29, 1.82) is 0 Å². The highest BCUT2D eigenvalue weighted by Crippen LogP contribution is 2.37. The van der Waals surface area contributed by atoms with Crippen LogP contribution in [0.15, 0.2) is 73.3 Å². The molecule has 3 heterocycles. The molecule has 10 heteroatoms. The highest BCUT2D eigenvalue weighted by atomic mass is 19.1. The summed E-state index contributed by atoms with van der Waals surface area (Å²) in [7, 11) is 3.13. The summed E-state index contributed by atoms with van der Waals surface area (Å²) in [5, 5.41) is 4.31. The summed E-state index contributed by atoms with van der Waals surface area (Å²) in [5.41, 5.74) is 1.30. The van der Waals surface area contributed by atoms with Crippen LogP contribution in [-0.4, -0.2) is 46.0 Å². The maximum Gasteiger partial charge on any atom is 0.245 e. The smallest absolute Gasteiger partial charge is 0.245 e. The van der Waals surface area contributed by atoms with Gasteiger partial charge in [-0.05, 0) is 43.7 Å². The number of anilines is 1. The molecule has 1 aliphatic heterocycles. The highest BCUT2D eigenvalue weighted by Gasteiger charge is 2.36. The topological polar surface area (TPSA) is 89.9 Å². The molecule has 9 nitrogen and oxygen atoms in total. The molecule has 2 aromatic heterocycles. The number of nitrogens with zero attached hydrogens (tertiary/aromatic N) is 5. The van der Waals surface area contributed by atoms with Crippen LogP contribution in [0, 0.1) is 5.82 Å². The Morgan fingerprint density at radius 3 is 2.26 bits per heavy atom. The van der Waals surface area contributed by atoms with Crippen molar-refractivity contribution in [2.75, 3.05) is 19.2 Å². The number of carbonyl (C=O) groups excluding carboxylic acids is 1. The van der Waals surface area contributed by atoms with Crippen LogP contribution in [0.5, 0.6) is 23.0 Å². The number of hydrogen-bond donors (Lipinski definition) is 0. The van der Waals surface area contributed by atoms with Crippen molar-refractivity contribution in [3.8, 4) is 23.0 Å². The Bertz CT molecular complexity index is 1490. The van der Waals surface area contributed by atoms with Crippen LogP contribution in [0.1, 0.15) is 25.5 Å². The van der Waals surface area contributed by atoms with E-state index in [2.05, 4.69) is 15.0 Å². The van der Waals surface area contributed by atoms with Gasteiger partial charge in [-0.25, -0.2) is 19.4 Å². The monoisotopic (exact) mass is 515 g/mol. The third-order valence-corrected chi connectivity index (χ3v) is 6.12. The van der Waals surface area contributed by atoms with Crippen LogP contribution in [0.25, 0.3) is 10.9 Å². The molecule has 38 heavy (non-hydrogen) atoms. The maximum atomic E-state index is 13.6. The van der Waals surface area contributed by atoms with Crippen LogP contribution >= 0.6 is 0 Å². The van der Waals surface area contributed by atoms with Gasteiger partial charge in [-0.2, -0.15) is 0 Å². The number of ether oxygens (including phenoxy) is 3. The number of pyridine rings is 1. The zero-order chi connectivity index (χ0) is 26.8. The van der Waals surface area contributed by atoms with Crippen LogP contribution in [0.2, 0.25) is 0 Å². The number of carbonyl (C=O) groups is 1. The van der Waals surface area contributed by atoms with Gasteiger partial charge in [0.05, 0.1) is 32.1 Å². The van der Waals surface area contributed by atoms with E-state index in [1.165, 1.54) is 18.2 Å². The van der Waals surface area contributed by atoms with Crippen LogP contribution in [-0.2, 0) is 4.79 Å². The fourth-order valence-corrected chi connectivity index (χ4v) is 4.30. The van der Waals surface area contributed by atoms with Gasteiger partial charge in [0.1, 0.15) is 17.6 Å². The zero-order valence-corrected chi connectivity index (χ0v) is 21.3. The Morgan fingerprint density at radius 2 is 1.61 bits per heavy atom. The number of benzene rings is 2. The van der Waals surface area contributed by atoms with Gasteiger partial charge in [0, 0.05) is 36.0 Å². The second-order valence-corrected chi connectivity index (χ2v) is 8.84. The molecule has 1 unspecified atom stereocenters. The number of hydrogen-bond acceptors (Lipinski definition) is 9. The van der Waals surface area contributed by atoms with E-state index in [0.29, 0.717) is 40.0 Å². The lowest BCUT2D eigenvalue weighted by Gasteiger charge is -2.43. The van der Waals surface area contributed by atoms with E-state index in [1.54, 1.807) is 74.4 Å². The molecule has 0 spiro atoms. The summed E-state index contributed by atoms with van der Waals surface area (Å²) in [4.78, 5) is 26.5. The molecule has 0 radical (unpaired) electrons. The molecule has 1 atom stereocenters. The fourth-order valence-electron chi connectivity index (χ4n) is 4.30. The van der Waals surface area contributed by atoms with Crippen molar-refractivity contribution in [1.82, 2.24) is 20.0 Å². The number of hydrazine groups is 1. The van der Waals surface area contributed by atoms with E-state index in [4.69, 9.17) is 14.2 Å². The van der Waals surface area contributed by atoms with Crippen molar-refractivity contribution >= 4 is 22.6 Å². The Kier molecular flexibility index (Phi) is 6.78. The van der Waals surface area contributed by atoms with Gasteiger partial charge in [0.15, 0.2) is 23.0 Å². The molecule has 0 saturated carbocycles. The minimum Gasteiger partial charge on any atom is -0.493 e. The Labute approximate surface area is 219 Å². The summed E-state index contributed by atoms with van der Waals surface area (Å²) in [5.74, 6) is 1.80. The maximum absolute atomic E-state index is 13.6. The van der Waals surface area contributed by atoms with Crippen molar-refractivity contribution in [3.63, 3.8) is 0 Å². The van der Waals surface area contributed by atoms with Crippen molar-refractivity contribution in [2.24, 2.45) is 0 Å². The van der Waals surface area contributed by atoms with E-state index >= 15 is 0 Å². The van der Waals surface area contributed by atoms with E-state index in [-0.39, 0.29) is 17.6 Å². The minimum atomic E-state index is -0.749. The van der Waals surface area contributed by atoms with Gasteiger partial charge in [-0.1, -0.05) is 12.1 Å². The van der Waals surface area contributed by atoms with Gasteiger partial charge in [-0.15, -0.1) is 0 Å². The Balaban J connectivity index is 1.49. The number of halogens is 1. The predicted octanol–water partition coefficient (Wildman–Crippen LogP) is 5.24. The molecular weight excluding hydrogens is 489 g/mol. The van der Waals surface area contributed by atoms with Crippen molar-refractivity contribution in [3.05, 3.63) is 84.7 Å². The lowest BCUT2D eigenvalue weighted by molar-refractivity contribution is -0.117. The predicted molar refractivity (Wildman–Crippen MR) is 140 cm³/mol. The van der Waals surface area contributed by atoms with Crippen LogP contribution < -0.4 is 19.2 Å². The standard InChI is InChI=1S/C28H26FN5O4/c1-17(2)33-12-10-23(35)27(18-5-7-19(29)8-6-18)34(33)28-31-15-20(16-32-28)38-24-9-11-30-22-14-26(37-4)25(36-3)13-21(22)24/h5-17,27H,1-4H3. The highest BCUT2D eigenvalue weighted by molar-refractivity contribution is 5.98. The van der Waals surface area contributed by atoms with Gasteiger partial charge >= 0.3 is 0 Å². The van der Waals surface area contributed by atoms with E-state index in [1.807, 2.05) is 18.9 Å². The van der Waals surface area contributed by atoms with E-state index in [0.717, 1.165) is 5.39 Å². The molecule has 194 valence electrons. The average Bonchev–Trinajstić information content (AvgIpc) is 2.93. The summed E-state index contributed by atoms with van der Waals surface area (Å²) < 4.78 is 30.5. The summed E-state index contributed by atoms with van der Waals surface area (Å²) in [6, 6.07) is 10.4. The Morgan fingerprint density at radius 1 is 0.921 bits per heavy atom. The molecule has 0 bridgehead atoms. The zero-order valence-electron chi connectivity index (χ0n) is 21.3. The molecule has 0 N–H and O–H groups in total. The lowest BCUT2D eigenvalue weighted by Crippen LogP contribution is -2.51. The Hall–Kier alpha value is -4.73. The van der Waals surface area contributed by atoms with Crippen LogP contribution in [0.3, 0.4) is 0 Å². The number of fused-ring (bicyclic) bond motifs is 1. The lowest BCUT2D eigenvalue weighted by atomic mass is 10.0. The molecule has 5 rings (SSSR count). The average molecular weight is 516 g/mol. The molecule has 0 fully saturated rings. The van der Waals surface area contributed by atoms with Gasteiger partial charge in [-0.3, -0.25) is 14.8 Å². The molecule has 2 aromatic carbocycles. The molecule has 0 amide bonds. The molecular formula is C28H26FN5O4. The second kappa shape index (κ2) is 10.3. The summed E-state index contributed by atoms with van der Waals surface area (Å²) in [6.07, 6.45) is 7.93. The summed E-state index contributed by atoms with van der Waals surface area (Å²) >= 11 is 0. The normalized spacial score (nSPS) is 15.3. The van der Waals surface area contributed by atoms with Crippen molar-refractivity contribution in [2.45, 2.75) is 25.9 Å². The number of methoxy groups -OCH3 is 2. The van der Waals surface area contributed by atoms with Gasteiger partial charge in [0.25, 0.3) is 0 Å². The third kappa shape index (κ3) is 4.68. The molecule has 0 aliphatic carbocycles. The first-order valence-electron chi connectivity index (χ1n) is 11.9. The number of aromatic nitrogens is 3. The SMILES string of the molecule is COc1cc2nccc(Oc3cnc(N4C(c5ccc(F)cc5)C(=O)C=CN4C(C)C)nc3)c2cc1OC. The fraction of sp³-hybridized carbons (Fsp3) is 0.214. The first-order chi connectivity index (χ1) is 18.4. The first-order valence-corrected chi connectivity index (χ1v) is 11.9. The van der Waals surface area contributed by atoms with E-state index < -0.39 is 6.04 Å².